The summed E-state index contributed by atoms with van der Waals surface area (Å²) in [4.78, 5) is 11.8. The van der Waals surface area contributed by atoms with Crippen molar-refractivity contribution < 1.29 is 28.3 Å². The standard InChI is InChI=1S/C19H16FNO2S2.C5H10O3/c1-11-9-12(18-13(20)5-4-6-15(18)22)19-14(21-11)10-24-16-7-2-3-8-17(16)25(19)23;6-3-1-2-4-8-5-7/h2-9,12,21-22H,10H2,1H3;5-6H,1-4H2. The SMILES string of the molecule is CC1=CC(c2c(O)cccc2F)C2=C(CSc3ccccc3S2=O)N1.O=COCCCCO. The number of hydrogen-bond acceptors (Lipinski definition) is 7. The molecular formula is C24H26FNO5S2. The molecule has 4 rings (SSSR count). The fraction of sp³-hybridized carbons (Fsp3) is 0.292. The van der Waals surface area contributed by atoms with E-state index in [1.165, 1.54) is 18.2 Å². The van der Waals surface area contributed by atoms with Gasteiger partial charge in [0.05, 0.1) is 27.2 Å². The van der Waals surface area contributed by atoms with E-state index in [0.717, 1.165) is 27.6 Å². The van der Waals surface area contributed by atoms with Crippen molar-refractivity contribution in [1.29, 1.82) is 0 Å². The number of dihydropyridines is 1. The van der Waals surface area contributed by atoms with Gasteiger partial charge in [-0.05, 0) is 44.0 Å². The third-order valence-corrected chi connectivity index (χ3v) is 7.93. The minimum Gasteiger partial charge on any atom is -0.508 e. The van der Waals surface area contributed by atoms with Gasteiger partial charge in [0, 0.05) is 40.1 Å². The van der Waals surface area contributed by atoms with E-state index in [1.807, 2.05) is 37.3 Å². The van der Waals surface area contributed by atoms with Crippen molar-refractivity contribution in [3.63, 3.8) is 0 Å². The lowest BCUT2D eigenvalue weighted by atomic mass is 9.93. The topological polar surface area (TPSA) is 95.9 Å². The van der Waals surface area contributed by atoms with Gasteiger partial charge in [0.15, 0.2) is 0 Å². The van der Waals surface area contributed by atoms with Crippen LogP contribution in [0.5, 0.6) is 5.75 Å². The van der Waals surface area contributed by atoms with Gasteiger partial charge in [-0.2, -0.15) is 0 Å². The van der Waals surface area contributed by atoms with Crippen LogP contribution < -0.4 is 5.32 Å². The number of thioether (sulfide) groups is 1. The van der Waals surface area contributed by atoms with E-state index < -0.39 is 22.5 Å². The molecule has 176 valence electrons. The number of aliphatic hydroxyl groups is 1. The molecule has 0 aliphatic carbocycles. The Morgan fingerprint density at radius 1 is 1.24 bits per heavy atom. The van der Waals surface area contributed by atoms with E-state index >= 15 is 0 Å². The number of unbranched alkanes of at least 4 members (excludes halogenated alkanes) is 1. The number of carbonyl (C=O) groups is 1. The van der Waals surface area contributed by atoms with Crippen molar-refractivity contribution in [2.75, 3.05) is 19.0 Å². The largest absolute Gasteiger partial charge is 0.508 e. The number of fused-ring (bicyclic) bond motifs is 1. The summed E-state index contributed by atoms with van der Waals surface area (Å²) in [5.74, 6) is -0.561. The van der Waals surface area contributed by atoms with Gasteiger partial charge in [0.2, 0.25) is 0 Å². The minimum atomic E-state index is -1.44. The van der Waals surface area contributed by atoms with Crippen LogP contribution in [-0.4, -0.2) is 39.9 Å². The number of phenols is 1. The number of carbonyl (C=O) groups excluding carboxylic acids is 1. The molecule has 2 atom stereocenters. The Balaban J connectivity index is 0.000000331. The second-order valence-electron chi connectivity index (χ2n) is 7.37. The van der Waals surface area contributed by atoms with Crippen LogP contribution in [-0.2, 0) is 20.3 Å². The molecule has 0 saturated heterocycles. The van der Waals surface area contributed by atoms with Crippen molar-refractivity contribution in [3.05, 3.63) is 76.2 Å². The van der Waals surface area contributed by atoms with Crippen molar-refractivity contribution >= 4 is 29.0 Å². The number of nitrogens with one attached hydrogen (secondary N) is 1. The van der Waals surface area contributed by atoms with Crippen LogP contribution in [0, 0.1) is 5.82 Å². The lowest BCUT2D eigenvalue weighted by molar-refractivity contribution is -0.128. The highest BCUT2D eigenvalue weighted by atomic mass is 32.2. The quantitative estimate of drug-likeness (QED) is 0.412. The molecule has 33 heavy (non-hydrogen) atoms. The number of hydrogen-bond donors (Lipinski definition) is 3. The van der Waals surface area contributed by atoms with Crippen LogP contribution in [0.4, 0.5) is 4.39 Å². The molecule has 9 heteroatoms. The van der Waals surface area contributed by atoms with E-state index in [4.69, 9.17) is 5.11 Å². The maximum absolute atomic E-state index is 14.5. The number of benzene rings is 2. The zero-order valence-corrected chi connectivity index (χ0v) is 19.8. The number of rotatable bonds is 6. The summed E-state index contributed by atoms with van der Waals surface area (Å²) in [6.07, 6.45) is 3.27. The summed E-state index contributed by atoms with van der Waals surface area (Å²) in [6.45, 7) is 2.89. The van der Waals surface area contributed by atoms with Crippen molar-refractivity contribution in [1.82, 2.24) is 5.32 Å². The Labute approximate surface area is 199 Å². The maximum atomic E-state index is 14.5. The third-order valence-electron chi connectivity index (χ3n) is 5.04. The van der Waals surface area contributed by atoms with Crippen LogP contribution in [0.1, 0.15) is 31.2 Å². The molecule has 0 fully saturated rings. The molecule has 0 radical (unpaired) electrons. The highest BCUT2D eigenvalue weighted by Gasteiger charge is 2.34. The molecule has 2 aliphatic heterocycles. The third kappa shape index (κ3) is 6.04. The van der Waals surface area contributed by atoms with Crippen molar-refractivity contribution in [2.24, 2.45) is 0 Å². The molecule has 0 amide bonds. The first-order valence-corrected chi connectivity index (χ1v) is 12.6. The van der Waals surface area contributed by atoms with Gasteiger partial charge in [-0.3, -0.25) is 4.79 Å². The molecule has 0 aromatic heterocycles. The second kappa shape index (κ2) is 12.0. The van der Waals surface area contributed by atoms with Crippen LogP contribution in [0.15, 0.2) is 74.6 Å². The molecule has 0 saturated carbocycles. The van der Waals surface area contributed by atoms with Gasteiger partial charge in [0.1, 0.15) is 11.6 Å². The van der Waals surface area contributed by atoms with Crippen molar-refractivity contribution in [2.45, 2.75) is 35.5 Å². The van der Waals surface area contributed by atoms with Gasteiger partial charge >= 0.3 is 0 Å². The molecule has 6 nitrogen and oxygen atoms in total. The van der Waals surface area contributed by atoms with E-state index in [1.54, 1.807) is 11.8 Å². The number of aliphatic hydroxyl groups excluding tert-OH is 1. The highest BCUT2D eigenvalue weighted by molar-refractivity contribution is 8.00. The molecule has 2 aromatic carbocycles. The summed E-state index contributed by atoms with van der Waals surface area (Å²) in [5, 5.41) is 21.8. The Bertz CT molecular complexity index is 1070. The van der Waals surface area contributed by atoms with Crippen LogP contribution in [0.3, 0.4) is 0 Å². The predicted octanol–water partition coefficient (Wildman–Crippen LogP) is 4.18. The zero-order valence-electron chi connectivity index (χ0n) is 18.1. The second-order valence-corrected chi connectivity index (χ2v) is 9.80. The van der Waals surface area contributed by atoms with E-state index in [9.17, 15) is 18.5 Å². The molecule has 2 aromatic rings. The van der Waals surface area contributed by atoms with E-state index in [-0.39, 0.29) is 17.9 Å². The first kappa shape index (κ1) is 25.0. The number of allylic oxidation sites excluding steroid dienone is 3. The summed E-state index contributed by atoms with van der Waals surface area (Å²) >= 11 is 1.61. The summed E-state index contributed by atoms with van der Waals surface area (Å²) < 4.78 is 32.2. The fourth-order valence-electron chi connectivity index (χ4n) is 3.57. The highest BCUT2D eigenvalue weighted by Crippen LogP contribution is 2.45. The van der Waals surface area contributed by atoms with Gasteiger partial charge in [0.25, 0.3) is 6.47 Å². The normalized spacial score (nSPS) is 19.1. The van der Waals surface area contributed by atoms with Crippen molar-refractivity contribution in [3.8, 4) is 5.75 Å². The lowest BCUT2D eigenvalue weighted by Crippen LogP contribution is -2.24. The lowest BCUT2D eigenvalue weighted by Gasteiger charge is -2.27. The maximum Gasteiger partial charge on any atom is 0.293 e. The predicted molar refractivity (Wildman–Crippen MR) is 127 cm³/mol. The summed E-state index contributed by atoms with van der Waals surface area (Å²) in [6, 6.07) is 11.8. The Morgan fingerprint density at radius 3 is 2.76 bits per heavy atom. The molecule has 2 unspecified atom stereocenters. The molecular weight excluding hydrogens is 465 g/mol. The number of aromatic hydroxyl groups is 1. The monoisotopic (exact) mass is 491 g/mol. The minimum absolute atomic E-state index is 0.120. The Morgan fingerprint density at radius 2 is 2.03 bits per heavy atom. The van der Waals surface area contributed by atoms with E-state index in [0.29, 0.717) is 30.2 Å². The Kier molecular flexibility index (Phi) is 9.11. The first-order chi connectivity index (χ1) is 16.0. The molecule has 2 heterocycles. The summed E-state index contributed by atoms with van der Waals surface area (Å²) in [5.41, 5.74) is 1.86. The van der Waals surface area contributed by atoms with Crippen LogP contribution in [0.2, 0.25) is 0 Å². The first-order valence-electron chi connectivity index (χ1n) is 10.4. The smallest absolute Gasteiger partial charge is 0.293 e. The molecule has 2 aliphatic rings. The van der Waals surface area contributed by atoms with E-state index in [2.05, 4.69) is 10.1 Å². The molecule has 0 spiro atoms. The molecule has 0 bridgehead atoms. The van der Waals surface area contributed by atoms with Gasteiger partial charge in [-0.25, -0.2) is 8.60 Å². The van der Waals surface area contributed by atoms with Crippen LogP contribution >= 0.6 is 11.8 Å². The van der Waals surface area contributed by atoms with Gasteiger partial charge in [-0.1, -0.05) is 24.3 Å². The van der Waals surface area contributed by atoms with Gasteiger partial charge in [-0.15, -0.1) is 11.8 Å². The fourth-order valence-corrected chi connectivity index (χ4v) is 6.43. The zero-order chi connectivity index (χ0) is 23.8. The van der Waals surface area contributed by atoms with Gasteiger partial charge < -0.3 is 20.3 Å². The average Bonchev–Trinajstić information content (AvgIpc) is 2.94. The number of phenolic OH excluding ortho intramolecular Hbond substituents is 1. The molecule has 3 N–H and O–H groups in total. The van der Waals surface area contributed by atoms with Crippen LogP contribution in [0.25, 0.3) is 0 Å². The Hall–Kier alpha value is -2.62. The number of halogens is 1. The summed E-state index contributed by atoms with van der Waals surface area (Å²) in [7, 11) is -1.44. The number of ether oxygens (including phenoxy) is 1. The average molecular weight is 492 g/mol.